The Balaban J connectivity index is 3.83. The molecule has 0 aliphatic rings. The van der Waals surface area contributed by atoms with E-state index >= 15 is 0 Å². The Kier molecular flexibility index (Phi) is 6.21. The van der Waals surface area contributed by atoms with Gasteiger partial charge in [-0.3, -0.25) is 0 Å². The van der Waals surface area contributed by atoms with E-state index in [9.17, 15) is 9.59 Å². The molecule has 0 amide bonds. The minimum atomic E-state index is -1.47. The van der Waals surface area contributed by atoms with E-state index in [-0.39, 0.29) is 19.6 Å². The van der Waals surface area contributed by atoms with Crippen molar-refractivity contribution in [3.63, 3.8) is 0 Å². The van der Waals surface area contributed by atoms with Crippen LogP contribution in [0.4, 0.5) is 9.59 Å². The summed E-state index contributed by atoms with van der Waals surface area (Å²) in [6.45, 7) is -0.0636. The lowest BCUT2D eigenvalue weighted by atomic mass is 10.3. The number of carboxylic acid groups (broad SMARTS) is 2. The Morgan fingerprint density at radius 1 is 1.29 bits per heavy atom. The standard InChI is InChI=1S/C7H12O7/c1-12-3-2-5(14-7(10)11)4-13-6(8)9/h5H,2-4H2,1H3,(H,8,9)(H,10,11). The van der Waals surface area contributed by atoms with Crippen LogP contribution in [0.1, 0.15) is 6.42 Å². The molecule has 14 heavy (non-hydrogen) atoms. The van der Waals surface area contributed by atoms with Gasteiger partial charge in [0.1, 0.15) is 12.7 Å². The van der Waals surface area contributed by atoms with Crippen LogP contribution < -0.4 is 0 Å². The molecule has 0 aromatic carbocycles. The summed E-state index contributed by atoms with van der Waals surface area (Å²) >= 11 is 0. The Labute approximate surface area is 80.2 Å². The van der Waals surface area contributed by atoms with Crippen molar-refractivity contribution >= 4 is 12.3 Å². The first kappa shape index (κ1) is 12.5. The first-order valence-electron chi connectivity index (χ1n) is 3.80. The molecule has 0 fully saturated rings. The zero-order valence-corrected chi connectivity index (χ0v) is 7.63. The third-order valence-corrected chi connectivity index (χ3v) is 1.30. The van der Waals surface area contributed by atoms with Crippen LogP contribution in [0.25, 0.3) is 0 Å². The second-order valence-electron chi connectivity index (χ2n) is 2.36. The second-order valence-corrected chi connectivity index (χ2v) is 2.36. The summed E-state index contributed by atoms with van der Waals surface area (Å²) in [4.78, 5) is 20.2. The topological polar surface area (TPSA) is 102 Å². The lowest BCUT2D eigenvalue weighted by Crippen LogP contribution is -2.25. The molecule has 0 aliphatic heterocycles. The van der Waals surface area contributed by atoms with E-state index in [0.29, 0.717) is 0 Å². The molecule has 0 saturated carbocycles. The highest BCUT2D eigenvalue weighted by atomic mass is 16.7. The van der Waals surface area contributed by atoms with E-state index in [1.165, 1.54) is 7.11 Å². The van der Waals surface area contributed by atoms with Crippen LogP contribution in [0.2, 0.25) is 0 Å². The van der Waals surface area contributed by atoms with Gasteiger partial charge in [0.15, 0.2) is 0 Å². The molecule has 1 unspecified atom stereocenters. The average Bonchev–Trinajstić information content (AvgIpc) is 2.09. The summed E-state index contributed by atoms with van der Waals surface area (Å²) in [5.74, 6) is 0. The predicted octanol–water partition coefficient (Wildman–Crippen LogP) is 0.781. The quantitative estimate of drug-likeness (QED) is 0.621. The van der Waals surface area contributed by atoms with Crippen molar-refractivity contribution in [2.24, 2.45) is 0 Å². The summed E-state index contributed by atoms with van der Waals surface area (Å²) in [5, 5.41) is 16.4. The zero-order valence-electron chi connectivity index (χ0n) is 7.63. The van der Waals surface area contributed by atoms with Gasteiger partial charge in [-0.05, 0) is 0 Å². The van der Waals surface area contributed by atoms with E-state index in [2.05, 4.69) is 14.2 Å². The van der Waals surface area contributed by atoms with Gasteiger partial charge in [-0.15, -0.1) is 0 Å². The SMILES string of the molecule is COCCC(COC(=O)O)OC(=O)O. The number of rotatable bonds is 6. The van der Waals surface area contributed by atoms with Crippen molar-refractivity contribution in [2.75, 3.05) is 20.3 Å². The van der Waals surface area contributed by atoms with Gasteiger partial charge in [0, 0.05) is 20.1 Å². The molecule has 0 saturated heterocycles. The van der Waals surface area contributed by atoms with Crippen LogP contribution in [0.5, 0.6) is 0 Å². The van der Waals surface area contributed by atoms with Crippen molar-refractivity contribution < 1.29 is 34.0 Å². The zero-order chi connectivity index (χ0) is 11.0. The third kappa shape index (κ3) is 7.17. The maximum Gasteiger partial charge on any atom is 0.506 e. The molecule has 0 spiro atoms. The molecular weight excluding hydrogens is 196 g/mol. The molecule has 2 N–H and O–H groups in total. The molecule has 7 heteroatoms. The van der Waals surface area contributed by atoms with E-state index in [0.717, 1.165) is 0 Å². The fourth-order valence-corrected chi connectivity index (χ4v) is 0.732. The summed E-state index contributed by atoms with van der Waals surface area (Å²) in [6, 6.07) is 0. The number of methoxy groups -OCH3 is 1. The lowest BCUT2D eigenvalue weighted by Gasteiger charge is -2.14. The van der Waals surface area contributed by atoms with E-state index in [1.807, 2.05) is 0 Å². The third-order valence-electron chi connectivity index (χ3n) is 1.30. The smallest absolute Gasteiger partial charge is 0.450 e. The minimum Gasteiger partial charge on any atom is -0.450 e. The number of ether oxygens (including phenoxy) is 3. The predicted molar refractivity (Wildman–Crippen MR) is 43.4 cm³/mol. The van der Waals surface area contributed by atoms with Gasteiger partial charge in [-0.1, -0.05) is 0 Å². The highest BCUT2D eigenvalue weighted by molar-refractivity contribution is 5.58. The van der Waals surface area contributed by atoms with Gasteiger partial charge < -0.3 is 24.4 Å². The van der Waals surface area contributed by atoms with Crippen LogP contribution in [-0.2, 0) is 14.2 Å². The Morgan fingerprint density at radius 3 is 2.36 bits per heavy atom. The fraction of sp³-hybridized carbons (Fsp3) is 0.714. The second kappa shape index (κ2) is 6.96. The normalized spacial score (nSPS) is 11.8. The average molecular weight is 208 g/mol. The molecule has 1 atom stereocenters. The number of carbonyl (C=O) groups is 2. The van der Waals surface area contributed by atoms with Crippen molar-refractivity contribution in [1.82, 2.24) is 0 Å². The van der Waals surface area contributed by atoms with Crippen molar-refractivity contribution in [2.45, 2.75) is 12.5 Å². The number of hydrogen-bond donors (Lipinski definition) is 2. The van der Waals surface area contributed by atoms with Crippen LogP contribution in [0.3, 0.4) is 0 Å². The maximum absolute atomic E-state index is 10.2. The van der Waals surface area contributed by atoms with Crippen molar-refractivity contribution in [1.29, 1.82) is 0 Å². The van der Waals surface area contributed by atoms with Crippen LogP contribution in [0, 0.1) is 0 Å². The first-order chi connectivity index (χ1) is 6.56. The van der Waals surface area contributed by atoms with Gasteiger partial charge >= 0.3 is 12.3 Å². The van der Waals surface area contributed by atoms with Crippen molar-refractivity contribution in [3.8, 4) is 0 Å². The summed E-state index contributed by atoms with van der Waals surface area (Å²) in [7, 11) is 1.44. The molecule has 82 valence electrons. The molecule has 0 heterocycles. The fourth-order valence-electron chi connectivity index (χ4n) is 0.732. The lowest BCUT2D eigenvalue weighted by molar-refractivity contribution is -0.00649. The summed E-state index contributed by atoms with van der Waals surface area (Å²) < 4.78 is 13.2. The van der Waals surface area contributed by atoms with Crippen LogP contribution in [-0.4, -0.2) is 49.0 Å². The molecule has 0 aromatic heterocycles. The Morgan fingerprint density at radius 2 is 1.93 bits per heavy atom. The van der Waals surface area contributed by atoms with E-state index in [4.69, 9.17) is 10.2 Å². The molecule has 0 aromatic rings. The molecule has 7 nitrogen and oxygen atoms in total. The van der Waals surface area contributed by atoms with Gasteiger partial charge in [-0.2, -0.15) is 0 Å². The van der Waals surface area contributed by atoms with Gasteiger partial charge in [0.25, 0.3) is 0 Å². The molecule has 0 rings (SSSR count). The maximum atomic E-state index is 10.2. The van der Waals surface area contributed by atoms with Gasteiger partial charge in [0.2, 0.25) is 0 Å². The van der Waals surface area contributed by atoms with E-state index < -0.39 is 18.4 Å². The largest absolute Gasteiger partial charge is 0.506 e. The van der Waals surface area contributed by atoms with Gasteiger partial charge in [-0.25, -0.2) is 9.59 Å². The van der Waals surface area contributed by atoms with Crippen molar-refractivity contribution in [3.05, 3.63) is 0 Å². The Bertz CT molecular complexity index is 190. The molecule has 0 radical (unpaired) electrons. The minimum absolute atomic E-state index is 0.246. The monoisotopic (exact) mass is 208 g/mol. The van der Waals surface area contributed by atoms with Crippen LogP contribution in [0.15, 0.2) is 0 Å². The van der Waals surface area contributed by atoms with Gasteiger partial charge in [0.05, 0.1) is 0 Å². The first-order valence-corrected chi connectivity index (χ1v) is 3.80. The molecule has 0 aliphatic carbocycles. The molecule has 0 bridgehead atoms. The van der Waals surface area contributed by atoms with E-state index in [1.54, 1.807) is 0 Å². The Hall–Kier alpha value is -1.50. The number of hydrogen-bond acceptors (Lipinski definition) is 5. The highest BCUT2D eigenvalue weighted by Crippen LogP contribution is 2.01. The molecular formula is C7H12O7. The summed E-state index contributed by atoms with van der Waals surface area (Å²) in [6.07, 6.45) is -3.53. The highest BCUT2D eigenvalue weighted by Gasteiger charge is 2.15. The summed E-state index contributed by atoms with van der Waals surface area (Å²) in [5.41, 5.74) is 0. The van der Waals surface area contributed by atoms with Crippen LogP contribution >= 0.6 is 0 Å².